The summed E-state index contributed by atoms with van der Waals surface area (Å²) >= 11 is 0. The minimum Gasteiger partial charge on any atom is -0.488 e. The Bertz CT molecular complexity index is 866. The predicted octanol–water partition coefficient (Wildman–Crippen LogP) is 4.67. The summed E-state index contributed by atoms with van der Waals surface area (Å²) in [4.78, 5) is 10.0. The molecule has 0 spiro atoms. The number of benzene rings is 3. The first-order valence-corrected chi connectivity index (χ1v) is 7.24. The van der Waals surface area contributed by atoms with Gasteiger partial charge in [-0.15, -0.1) is 0 Å². The Hall–Kier alpha value is -3.14. The van der Waals surface area contributed by atoms with Gasteiger partial charge in [0.05, 0.1) is 4.92 Å². The number of nitro groups is 1. The highest BCUT2D eigenvalue weighted by Gasteiger charge is 2.04. The van der Waals surface area contributed by atoms with E-state index in [-0.39, 0.29) is 0 Å². The number of hydrogen-bond donors (Lipinski definition) is 0. The molecule has 3 aromatic carbocycles. The predicted molar refractivity (Wildman–Crippen MR) is 90.8 cm³/mol. The van der Waals surface area contributed by atoms with Crippen molar-refractivity contribution in [3.63, 3.8) is 0 Å². The summed E-state index contributed by atoms with van der Waals surface area (Å²) in [5.74, 6) is 0.624. The largest absolute Gasteiger partial charge is 0.488 e. The van der Waals surface area contributed by atoms with Gasteiger partial charge in [0.1, 0.15) is 12.4 Å². The van der Waals surface area contributed by atoms with Gasteiger partial charge in [-0.1, -0.05) is 60.7 Å². The van der Waals surface area contributed by atoms with Gasteiger partial charge in [-0.3, -0.25) is 10.1 Å². The van der Waals surface area contributed by atoms with Gasteiger partial charge in [-0.2, -0.15) is 0 Å². The van der Waals surface area contributed by atoms with Crippen molar-refractivity contribution in [3.8, 4) is 5.75 Å². The highest BCUT2D eigenvalue weighted by atomic mass is 16.6. The van der Waals surface area contributed by atoms with Gasteiger partial charge in [-0.25, -0.2) is 0 Å². The maximum atomic E-state index is 10.5. The van der Waals surface area contributed by atoms with Crippen molar-refractivity contribution >= 4 is 16.8 Å². The van der Waals surface area contributed by atoms with Gasteiger partial charge >= 0.3 is 0 Å². The van der Waals surface area contributed by atoms with E-state index in [0.717, 1.165) is 22.5 Å². The second-order valence-corrected chi connectivity index (χ2v) is 5.07. The van der Waals surface area contributed by atoms with Gasteiger partial charge in [0.15, 0.2) is 0 Å². The third kappa shape index (κ3) is 3.55. The first-order chi connectivity index (χ1) is 11.2. The molecule has 0 amide bonds. The molecule has 0 aliphatic carbocycles. The van der Waals surface area contributed by atoms with E-state index in [4.69, 9.17) is 4.74 Å². The molecule has 0 aromatic heterocycles. The Morgan fingerprint density at radius 2 is 1.70 bits per heavy atom. The number of fused-ring (bicyclic) bond motifs is 1. The molecule has 3 aromatic rings. The van der Waals surface area contributed by atoms with Gasteiger partial charge in [-0.05, 0) is 22.4 Å². The van der Waals surface area contributed by atoms with E-state index in [9.17, 15) is 10.1 Å². The number of rotatable bonds is 5. The average molecular weight is 305 g/mol. The second kappa shape index (κ2) is 6.75. The van der Waals surface area contributed by atoms with Crippen LogP contribution in [0.5, 0.6) is 5.75 Å². The molecule has 0 unspecified atom stereocenters. The molecule has 23 heavy (non-hydrogen) atoms. The van der Waals surface area contributed by atoms with Crippen LogP contribution in [0.15, 0.2) is 72.9 Å². The van der Waals surface area contributed by atoms with E-state index in [0.29, 0.717) is 17.9 Å². The molecule has 0 N–H and O–H groups in total. The first kappa shape index (κ1) is 14.8. The first-order valence-electron chi connectivity index (χ1n) is 7.24. The maximum Gasteiger partial charge on any atom is 0.235 e. The van der Waals surface area contributed by atoms with Crippen LogP contribution in [0.3, 0.4) is 0 Å². The molecule has 0 heterocycles. The molecule has 0 saturated heterocycles. The van der Waals surface area contributed by atoms with Crippen LogP contribution in [0.1, 0.15) is 11.1 Å². The van der Waals surface area contributed by atoms with Crippen LogP contribution in [0.4, 0.5) is 0 Å². The van der Waals surface area contributed by atoms with Gasteiger partial charge in [0.2, 0.25) is 6.20 Å². The molecule has 4 heteroatoms. The average Bonchev–Trinajstić information content (AvgIpc) is 2.58. The molecule has 3 rings (SSSR count). The lowest BCUT2D eigenvalue weighted by Crippen LogP contribution is -1.98. The van der Waals surface area contributed by atoms with Crippen molar-refractivity contribution in [2.45, 2.75) is 6.61 Å². The summed E-state index contributed by atoms with van der Waals surface area (Å²) in [7, 11) is 0. The number of hydrogen-bond acceptors (Lipinski definition) is 3. The lowest BCUT2D eigenvalue weighted by Gasteiger charge is -2.11. The zero-order valence-corrected chi connectivity index (χ0v) is 12.4. The quantitative estimate of drug-likeness (QED) is 0.508. The lowest BCUT2D eigenvalue weighted by molar-refractivity contribution is -0.400. The zero-order chi connectivity index (χ0) is 16.1. The molecule has 0 bridgehead atoms. The molecular weight excluding hydrogens is 290 g/mol. The summed E-state index contributed by atoms with van der Waals surface area (Å²) in [5, 5.41) is 12.8. The van der Waals surface area contributed by atoms with Crippen LogP contribution in [0, 0.1) is 10.1 Å². The molecule has 0 atom stereocenters. The molecule has 0 saturated carbocycles. The van der Waals surface area contributed by atoms with Crippen LogP contribution < -0.4 is 4.74 Å². The number of nitrogens with zero attached hydrogens (tertiary/aromatic N) is 1. The van der Waals surface area contributed by atoms with Crippen LogP contribution in [-0.4, -0.2) is 4.92 Å². The summed E-state index contributed by atoms with van der Waals surface area (Å²) in [6, 6.07) is 21.5. The fourth-order valence-corrected chi connectivity index (χ4v) is 2.46. The minimum atomic E-state index is -0.485. The molecule has 4 nitrogen and oxygen atoms in total. The summed E-state index contributed by atoms with van der Waals surface area (Å²) < 4.78 is 5.89. The Balaban J connectivity index is 1.84. The van der Waals surface area contributed by atoms with Gasteiger partial charge in [0.25, 0.3) is 0 Å². The second-order valence-electron chi connectivity index (χ2n) is 5.07. The van der Waals surface area contributed by atoms with Crippen LogP contribution >= 0.6 is 0 Å². The van der Waals surface area contributed by atoms with Crippen LogP contribution in [0.2, 0.25) is 0 Å². The Kier molecular flexibility index (Phi) is 4.34. The monoisotopic (exact) mass is 305 g/mol. The SMILES string of the molecule is O=[N+]([O-])/C=C/c1ccccc1OCc1cccc2ccccc12. The van der Waals surface area contributed by atoms with Gasteiger partial charge in [0, 0.05) is 11.6 Å². The van der Waals surface area contributed by atoms with Crippen molar-refractivity contribution in [1.82, 2.24) is 0 Å². The van der Waals surface area contributed by atoms with Crippen LogP contribution in [-0.2, 0) is 6.61 Å². The highest BCUT2D eigenvalue weighted by Crippen LogP contribution is 2.23. The summed E-state index contributed by atoms with van der Waals surface area (Å²) in [6.45, 7) is 0.407. The zero-order valence-electron chi connectivity index (χ0n) is 12.4. The summed E-state index contributed by atoms with van der Waals surface area (Å²) in [5.41, 5.74) is 1.76. The molecule has 0 aliphatic heterocycles. The third-order valence-corrected chi connectivity index (χ3v) is 3.56. The fourth-order valence-electron chi connectivity index (χ4n) is 2.46. The molecule has 0 fully saturated rings. The maximum absolute atomic E-state index is 10.5. The van der Waals surface area contributed by atoms with E-state index >= 15 is 0 Å². The van der Waals surface area contributed by atoms with E-state index in [2.05, 4.69) is 18.2 Å². The number of para-hydroxylation sites is 1. The highest BCUT2D eigenvalue weighted by molar-refractivity contribution is 5.85. The van der Waals surface area contributed by atoms with Crippen molar-refractivity contribution in [2.75, 3.05) is 0 Å². The van der Waals surface area contributed by atoms with Crippen molar-refractivity contribution < 1.29 is 9.66 Å². The normalized spacial score (nSPS) is 11.0. The molecule has 0 radical (unpaired) electrons. The Morgan fingerprint density at radius 1 is 0.957 bits per heavy atom. The van der Waals surface area contributed by atoms with E-state index < -0.39 is 4.92 Å². The van der Waals surface area contributed by atoms with Gasteiger partial charge < -0.3 is 4.74 Å². The Labute approximate surface area is 133 Å². The van der Waals surface area contributed by atoms with Crippen molar-refractivity contribution in [1.29, 1.82) is 0 Å². The Morgan fingerprint density at radius 3 is 2.57 bits per heavy atom. The summed E-state index contributed by atoms with van der Waals surface area (Å²) in [6.07, 6.45) is 2.36. The van der Waals surface area contributed by atoms with E-state index in [1.54, 1.807) is 6.07 Å². The molecule has 114 valence electrons. The molecule has 0 aliphatic rings. The van der Waals surface area contributed by atoms with E-state index in [1.165, 1.54) is 6.08 Å². The smallest absolute Gasteiger partial charge is 0.235 e. The van der Waals surface area contributed by atoms with Crippen molar-refractivity contribution in [2.24, 2.45) is 0 Å². The minimum absolute atomic E-state index is 0.407. The standard InChI is InChI=1S/C19H15NO3/c21-20(22)13-12-16-7-2-4-11-19(16)23-14-17-9-5-8-15-6-1-3-10-18(15)17/h1-13H,14H2/b13-12+. The van der Waals surface area contributed by atoms with E-state index in [1.807, 2.05) is 42.5 Å². The number of ether oxygens (including phenoxy) is 1. The lowest BCUT2D eigenvalue weighted by atomic mass is 10.1. The fraction of sp³-hybridized carbons (Fsp3) is 0.0526. The van der Waals surface area contributed by atoms with Crippen LogP contribution in [0.25, 0.3) is 16.8 Å². The third-order valence-electron chi connectivity index (χ3n) is 3.56. The van der Waals surface area contributed by atoms with Crippen molar-refractivity contribution in [3.05, 3.63) is 94.2 Å². The molecular formula is C19H15NO3. The topological polar surface area (TPSA) is 52.4 Å².